The predicted molar refractivity (Wildman–Crippen MR) is 129 cm³/mol. The van der Waals surface area contributed by atoms with Gasteiger partial charge in [-0.2, -0.15) is 5.10 Å². The lowest BCUT2D eigenvalue weighted by atomic mass is 9.92. The molecule has 0 aliphatic carbocycles. The summed E-state index contributed by atoms with van der Waals surface area (Å²) in [5, 5.41) is 14.7. The average Bonchev–Trinajstić information content (AvgIpc) is 3.45. The van der Waals surface area contributed by atoms with E-state index < -0.39 is 11.9 Å². The highest BCUT2D eigenvalue weighted by molar-refractivity contribution is 6.31. The Morgan fingerprint density at radius 1 is 1.15 bits per heavy atom. The first-order chi connectivity index (χ1) is 16.6. The Hall–Kier alpha value is -3.49. The number of carbonyl (C=O) groups excluding carboxylic acids is 1. The third kappa shape index (κ3) is 3.69. The summed E-state index contributed by atoms with van der Waals surface area (Å²) in [5.74, 6) is -0.611. The van der Waals surface area contributed by atoms with Crippen LogP contribution < -0.4 is 16.0 Å². The molecule has 2 aliphatic heterocycles. The number of benzene rings is 2. The van der Waals surface area contributed by atoms with E-state index in [1.54, 1.807) is 4.52 Å². The normalized spacial score (nSPS) is 19.8. The van der Waals surface area contributed by atoms with Gasteiger partial charge in [0.05, 0.1) is 6.04 Å². The van der Waals surface area contributed by atoms with Crippen LogP contribution in [0.4, 0.5) is 10.1 Å². The molecule has 6 rings (SSSR count). The molecule has 4 heterocycles. The molecule has 7 nitrogen and oxygen atoms in total. The van der Waals surface area contributed by atoms with Crippen LogP contribution in [0.15, 0.2) is 55.0 Å². The lowest BCUT2D eigenvalue weighted by Gasteiger charge is -2.27. The van der Waals surface area contributed by atoms with Crippen LogP contribution in [0.2, 0.25) is 5.02 Å². The first-order valence-electron chi connectivity index (χ1n) is 11.3. The Morgan fingerprint density at radius 3 is 2.91 bits per heavy atom. The number of nitrogens with one attached hydrogen (secondary N) is 3. The van der Waals surface area contributed by atoms with Gasteiger partial charge in [0.2, 0.25) is 0 Å². The second-order valence-electron chi connectivity index (χ2n) is 8.73. The van der Waals surface area contributed by atoms with Crippen molar-refractivity contribution in [1.29, 1.82) is 0 Å². The molecule has 0 radical (unpaired) electrons. The van der Waals surface area contributed by atoms with E-state index in [2.05, 4.69) is 26.0 Å². The summed E-state index contributed by atoms with van der Waals surface area (Å²) >= 11 is 6.44. The smallest absolute Gasteiger partial charge is 0.252 e. The first kappa shape index (κ1) is 21.1. The zero-order valence-corrected chi connectivity index (χ0v) is 18.9. The summed E-state index contributed by atoms with van der Waals surface area (Å²) in [6.45, 7) is 1.83. The standard InChI is InChI=1S/C25H22ClFN6O/c26-20-5-4-16(27)10-18(20)24-23-19(25(34)32-24)8-15(9-21(23)31-17-2-1-7-28-11-17)14-3-6-22-29-13-30-33(22)12-14/h3-6,8-10,12-13,17,24,28,31H,1-2,7,11H2,(H,32,34). The van der Waals surface area contributed by atoms with Crippen LogP contribution in [0.25, 0.3) is 16.8 Å². The zero-order valence-electron chi connectivity index (χ0n) is 18.2. The van der Waals surface area contributed by atoms with Crippen LogP contribution in [0.1, 0.15) is 40.4 Å². The maximum absolute atomic E-state index is 14.1. The molecule has 2 atom stereocenters. The fourth-order valence-corrected chi connectivity index (χ4v) is 5.10. The number of hydrogen-bond donors (Lipinski definition) is 3. The average molecular weight is 477 g/mol. The summed E-state index contributed by atoms with van der Waals surface area (Å²) in [5.41, 5.74) is 5.24. The van der Waals surface area contributed by atoms with Crippen molar-refractivity contribution >= 4 is 28.8 Å². The number of piperidine rings is 1. The zero-order chi connectivity index (χ0) is 23.2. The van der Waals surface area contributed by atoms with E-state index in [9.17, 15) is 9.18 Å². The maximum atomic E-state index is 14.1. The fourth-order valence-electron chi connectivity index (χ4n) is 4.87. The molecule has 0 spiro atoms. The minimum atomic E-state index is -0.545. The highest BCUT2D eigenvalue weighted by Crippen LogP contribution is 2.42. The van der Waals surface area contributed by atoms with E-state index >= 15 is 0 Å². The van der Waals surface area contributed by atoms with Crippen molar-refractivity contribution in [1.82, 2.24) is 25.2 Å². The van der Waals surface area contributed by atoms with Gasteiger partial charge in [-0.1, -0.05) is 11.6 Å². The van der Waals surface area contributed by atoms with Gasteiger partial charge in [-0.3, -0.25) is 4.79 Å². The number of anilines is 1. The molecule has 0 bridgehead atoms. The quantitative estimate of drug-likeness (QED) is 0.411. The van der Waals surface area contributed by atoms with Crippen molar-refractivity contribution in [2.24, 2.45) is 0 Å². The first-order valence-corrected chi connectivity index (χ1v) is 11.7. The van der Waals surface area contributed by atoms with E-state index in [0.717, 1.165) is 54.0 Å². The monoisotopic (exact) mass is 476 g/mol. The largest absolute Gasteiger partial charge is 0.381 e. The molecule has 3 N–H and O–H groups in total. The molecule has 34 heavy (non-hydrogen) atoms. The van der Waals surface area contributed by atoms with Crippen molar-refractivity contribution in [3.8, 4) is 11.1 Å². The van der Waals surface area contributed by atoms with E-state index in [-0.39, 0.29) is 11.9 Å². The minimum absolute atomic E-state index is 0.213. The Morgan fingerprint density at radius 2 is 2.06 bits per heavy atom. The number of rotatable bonds is 4. The van der Waals surface area contributed by atoms with Crippen LogP contribution in [0, 0.1) is 5.82 Å². The van der Waals surface area contributed by atoms with E-state index in [1.807, 2.05) is 30.5 Å². The Balaban J connectivity index is 1.50. The van der Waals surface area contributed by atoms with E-state index in [0.29, 0.717) is 16.1 Å². The van der Waals surface area contributed by atoms with Gasteiger partial charge in [0.15, 0.2) is 5.65 Å². The summed E-state index contributed by atoms with van der Waals surface area (Å²) in [6.07, 6.45) is 5.48. The van der Waals surface area contributed by atoms with Gasteiger partial charge in [0.1, 0.15) is 12.1 Å². The predicted octanol–water partition coefficient (Wildman–Crippen LogP) is 4.19. The summed E-state index contributed by atoms with van der Waals surface area (Å²) in [4.78, 5) is 17.3. The molecule has 2 unspecified atom stereocenters. The highest BCUT2D eigenvalue weighted by atomic mass is 35.5. The Bertz CT molecular complexity index is 1410. The lowest BCUT2D eigenvalue weighted by molar-refractivity contribution is 0.0960. The molecule has 172 valence electrons. The van der Waals surface area contributed by atoms with Crippen molar-refractivity contribution in [2.75, 3.05) is 18.4 Å². The molecule has 4 aromatic rings. The van der Waals surface area contributed by atoms with Crippen molar-refractivity contribution in [3.05, 3.63) is 82.5 Å². The molecule has 1 saturated heterocycles. The molecule has 1 fully saturated rings. The summed E-state index contributed by atoms with van der Waals surface area (Å²) < 4.78 is 15.8. The highest BCUT2D eigenvalue weighted by Gasteiger charge is 2.35. The van der Waals surface area contributed by atoms with Crippen molar-refractivity contribution in [3.63, 3.8) is 0 Å². The van der Waals surface area contributed by atoms with E-state index in [4.69, 9.17) is 11.6 Å². The van der Waals surface area contributed by atoms with Gasteiger partial charge in [-0.15, -0.1) is 0 Å². The molecule has 2 aliphatic rings. The number of halogens is 2. The molecular formula is C25H22ClFN6O. The lowest BCUT2D eigenvalue weighted by Crippen LogP contribution is -2.38. The van der Waals surface area contributed by atoms with Crippen LogP contribution in [-0.2, 0) is 0 Å². The van der Waals surface area contributed by atoms with Crippen LogP contribution >= 0.6 is 11.6 Å². The number of pyridine rings is 1. The molecular weight excluding hydrogens is 455 g/mol. The second-order valence-corrected chi connectivity index (χ2v) is 9.13. The minimum Gasteiger partial charge on any atom is -0.381 e. The Labute approximate surface area is 200 Å². The molecule has 9 heteroatoms. The van der Waals surface area contributed by atoms with Gasteiger partial charge < -0.3 is 16.0 Å². The van der Waals surface area contributed by atoms with Crippen LogP contribution in [0.3, 0.4) is 0 Å². The third-order valence-electron chi connectivity index (χ3n) is 6.52. The maximum Gasteiger partial charge on any atom is 0.252 e. The number of aromatic nitrogens is 3. The third-order valence-corrected chi connectivity index (χ3v) is 6.87. The SMILES string of the molecule is O=C1NC(c2cc(F)ccc2Cl)c2c(NC3CCCNC3)cc(-c3ccc4ncnn4c3)cc21. The van der Waals surface area contributed by atoms with Gasteiger partial charge in [0, 0.05) is 51.7 Å². The van der Waals surface area contributed by atoms with Gasteiger partial charge in [0.25, 0.3) is 5.91 Å². The van der Waals surface area contributed by atoms with Gasteiger partial charge >= 0.3 is 0 Å². The van der Waals surface area contributed by atoms with Crippen molar-refractivity contribution < 1.29 is 9.18 Å². The van der Waals surface area contributed by atoms with Gasteiger partial charge in [-0.25, -0.2) is 13.9 Å². The second kappa shape index (κ2) is 8.38. The van der Waals surface area contributed by atoms with Crippen LogP contribution in [0.5, 0.6) is 0 Å². The van der Waals surface area contributed by atoms with Gasteiger partial charge in [-0.05, 0) is 67.4 Å². The van der Waals surface area contributed by atoms with E-state index in [1.165, 1.54) is 24.5 Å². The Kier molecular flexibility index (Phi) is 5.19. The topological polar surface area (TPSA) is 83.4 Å². The number of carbonyl (C=O) groups is 1. The molecule has 2 aromatic carbocycles. The van der Waals surface area contributed by atoms with Crippen LogP contribution in [-0.4, -0.2) is 39.6 Å². The molecule has 1 amide bonds. The van der Waals surface area contributed by atoms with Crippen molar-refractivity contribution in [2.45, 2.75) is 24.9 Å². The number of nitrogens with zero attached hydrogens (tertiary/aromatic N) is 3. The number of fused-ring (bicyclic) bond motifs is 2. The fraction of sp³-hybridized carbons (Fsp3) is 0.240. The number of amides is 1. The molecule has 0 saturated carbocycles. The summed E-state index contributed by atoms with van der Waals surface area (Å²) in [7, 11) is 0. The summed E-state index contributed by atoms with van der Waals surface area (Å²) in [6, 6.07) is 11.7. The number of hydrogen-bond acceptors (Lipinski definition) is 5. The molecule has 2 aromatic heterocycles.